The van der Waals surface area contributed by atoms with Gasteiger partial charge in [0.15, 0.2) is 0 Å². The molecule has 2 aromatic rings. The minimum absolute atomic E-state index is 0.109. The van der Waals surface area contributed by atoms with Gasteiger partial charge in [0, 0.05) is 18.3 Å². The lowest BCUT2D eigenvalue weighted by atomic mass is 10.3. The quantitative estimate of drug-likeness (QED) is 0.597. The number of aromatic nitrogens is 3. The molecule has 0 aliphatic carbocycles. The maximum atomic E-state index is 7.18. The third-order valence-electron chi connectivity index (χ3n) is 2.24. The number of hydrogen-bond acceptors (Lipinski definition) is 5. The molecular weight excluding hydrogens is 230 g/mol. The second-order valence-electron chi connectivity index (χ2n) is 3.57. The molecule has 0 aromatic carbocycles. The molecular formula is C12H13N5O. The Labute approximate surface area is 104 Å². The van der Waals surface area contributed by atoms with Crippen molar-refractivity contribution in [1.29, 1.82) is 5.41 Å². The molecule has 0 saturated heterocycles. The molecule has 2 rings (SSSR count). The van der Waals surface area contributed by atoms with Crippen molar-refractivity contribution in [2.75, 3.05) is 6.61 Å². The Morgan fingerprint density at radius 2 is 2.11 bits per heavy atom. The monoisotopic (exact) mass is 243 g/mol. The molecule has 0 saturated carbocycles. The first kappa shape index (κ1) is 12.0. The third kappa shape index (κ3) is 3.24. The number of nitrogens with one attached hydrogen (secondary N) is 1. The first-order valence-electron chi connectivity index (χ1n) is 5.45. The Morgan fingerprint density at radius 3 is 2.72 bits per heavy atom. The zero-order valence-electron chi connectivity index (χ0n) is 9.71. The van der Waals surface area contributed by atoms with Crippen LogP contribution in [0.4, 0.5) is 0 Å². The lowest BCUT2D eigenvalue weighted by molar-refractivity contribution is 0.306. The van der Waals surface area contributed by atoms with Gasteiger partial charge in [-0.3, -0.25) is 10.4 Å². The van der Waals surface area contributed by atoms with Gasteiger partial charge in [0.1, 0.15) is 11.5 Å². The second kappa shape index (κ2) is 5.72. The minimum atomic E-state index is -0.109. The molecule has 0 aliphatic heterocycles. The summed E-state index contributed by atoms with van der Waals surface area (Å²) in [5.41, 5.74) is 6.58. The maximum absolute atomic E-state index is 7.18. The summed E-state index contributed by atoms with van der Waals surface area (Å²) in [6, 6.07) is 5.74. The molecule has 3 N–H and O–H groups in total. The van der Waals surface area contributed by atoms with Gasteiger partial charge in [0.05, 0.1) is 19.0 Å². The molecule has 0 spiro atoms. The number of hydrogen-bond donors (Lipinski definition) is 2. The standard InChI is InChI=1S/C12H13N5O/c13-12(14)10-7-17-11(8-16-10)18-6-4-9-3-1-2-5-15-9/h1-3,5,7-8H,4,6H2,(H3,13,14). The van der Waals surface area contributed by atoms with Gasteiger partial charge < -0.3 is 10.5 Å². The highest BCUT2D eigenvalue weighted by molar-refractivity contribution is 5.92. The fraction of sp³-hybridized carbons (Fsp3) is 0.167. The van der Waals surface area contributed by atoms with E-state index >= 15 is 0 Å². The summed E-state index contributed by atoms with van der Waals surface area (Å²) in [5, 5.41) is 7.18. The van der Waals surface area contributed by atoms with E-state index < -0.39 is 0 Å². The summed E-state index contributed by atoms with van der Waals surface area (Å²) in [6.07, 6.45) is 5.32. The predicted octanol–water partition coefficient (Wildman–Crippen LogP) is 0.777. The van der Waals surface area contributed by atoms with Gasteiger partial charge in [-0.1, -0.05) is 6.07 Å². The summed E-state index contributed by atoms with van der Waals surface area (Å²) in [6.45, 7) is 0.477. The predicted molar refractivity (Wildman–Crippen MR) is 66.5 cm³/mol. The van der Waals surface area contributed by atoms with Crippen molar-refractivity contribution < 1.29 is 4.74 Å². The normalized spacial score (nSPS) is 10.0. The summed E-state index contributed by atoms with van der Waals surface area (Å²) < 4.78 is 5.42. The van der Waals surface area contributed by atoms with Crippen LogP contribution in [0.2, 0.25) is 0 Å². The molecule has 18 heavy (non-hydrogen) atoms. The molecule has 0 radical (unpaired) electrons. The highest BCUT2D eigenvalue weighted by Gasteiger charge is 2.01. The number of nitrogen functional groups attached to an aromatic ring is 1. The molecule has 0 fully saturated rings. The molecule has 92 valence electrons. The van der Waals surface area contributed by atoms with E-state index in [9.17, 15) is 0 Å². The van der Waals surface area contributed by atoms with Crippen LogP contribution in [0.15, 0.2) is 36.8 Å². The Kier molecular flexibility index (Phi) is 3.80. The van der Waals surface area contributed by atoms with Gasteiger partial charge in [-0.2, -0.15) is 0 Å². The lowest BCUT2D eigenvalue weighted by Crippen LogP contribution is -2.13. The van der Waals surface area contributed by atoms with E-state index in [0.29, 0.717) is 24.6 Å². The summed E-state index contributed by atoms with van der Waals surface area (Å²) >= 11 is 0. The van der Waals surface area contributed by atoms with Crippen LogP contribution in [0.3, 0.4) is 0 Å². The van der Waals surface area contributed by atoms with Gasteiger partial charge in [0.25, 0.3) is 0 Å². The van der Waals surface area contributed by atoms with Crippen LogP contribution in [0, 0.1) is 5.41 Å². The number of ether oxygens (including phenoxy) is 1. The number of rotatable bonds is 5. The van der Waals surface area contributed by atoms with Gasteiger partial charge >= 0.3 is 0 Å². The van der Waals surface area contributed by atoms with E-state index in [1.807, 2.05) is 18.2 Å². The topological polar surface area (TPSA) is 97.8 Å². The molecule has 0 bridgehead atoms. The molecule has 0 aliphatic rings. The van der Waals surface area contributed by atoms with Crippen molar-refractivity contribution in [1.82, 2.24) is 15.0 Å². The smallest absolute Gasteiger partial charge is 0.232 e. The zero-order chi connectivity index (χ0) is 12.8. The molecule has 2 heterocycles. The first-order valence-corrected chi connectivity index (χ1v) is 5.45. The van der Waals surface area contributed by atoms with Crippen molar-refractivity contribution in [3.05, 3.63) is 48.2 Å². The molecule has 2 aromatic heterocycles. The van der Waals surface area contributed by atoms with Gasteiger partial charge in [-0.05, 0) is 12.1 Å². The highest BCUT2D eigenvalue weighted by atomic mass is 16.5. The first-order chi connectivity index (χ1) is 8.75. The lowest BCUT2D eigenvalue weighted by Gasteiger charge is -2.04. The van der Waals surface area contributed by atoms with Crippen LogP contribution in [-0.4, -0.2) is 27.4 Å². The summed E-state index contributed by atoms with van der Waals surface area (Å²) in [5.74, 6) is 0.304. The SMILES string of the molecule is N=C(N)c1cnc(OCCc2ccccn2)cn1. The van der Waals surface area contributed by atoms with Crippen molar-refractivity contribution in [3.63, 3.8) is 0 Å². The number of amidine groups is 1. The minimum Gasteiger partial charge on any atom is -0.476 e. The fourth-order valence-corrected chi connectivity index (χ4v) is 1.34. The molecule has 6 nitrogen and oxygen atoms in total. The molecule has 0 unspecified atom stereocenters. The van der Waals surface area contributed by atoms with Gasteiger partial charge in [0.2, 0.25) is 5.88 Å². The van der Waals surface area contributed by atoms with Crippen LogP contribution >= 0.6 is 0 Å². The summed E-state index contributed by atoms with van der Waals surface area (Å²) in [4.78, 5) is 12.1. The number of nitrogens with zero attached hydrogens (tertiary/aromatic N) is 3. The van der Waals surface area contributed by atoms with Gasteiger partial charge in [-0.25, -0.2) is 9.97 Å². The Bertz CT molecular complexity index is 512. The average Bonchev–Trinajstić information content (AvgIpc) is 2.40. The Hall–Kier alpha value is -2.50. The highest BCUT2D eigenvalue weighted by Crippen LogP contribution is 2.04. The van der Waals surface area contributed by atoms with E-state index in [1.54, 1.807) is 6.20 Å². The Balaban J connectivity index is 1.85. The number of nitrogens with two attached hydrogens (primary N) is 1. The van der Waals surface area contributed by atoms with Crippen LogP contribution < -0.4 is 10.5 Å². The molecule has 0 amide bonds. The van der Waals surface area contributed by atoms with E-state index in [1.165, 1.54) is 12.4 Å². The third-order valence-corrected chi connectivity index (χ3v) is 2.24. The van der Waals surface area contributed by atoms with Crippen molar-refractivity contribution >= 4 is 5.84 Å². The van der Waals surface area contributed by atoms with Gasteiger partial charge in [-0.15, -0.1) is 0 Å². The summed E-state index contributed by atoms with van der Waals surface area (Å²) in [7, 11) is 0. The molecule has 6 heteroatoms. The fourth-order valence-electron chi connectivity index (χ4n) is 1.34. The van der Waals surface area contributed by atoms with Crippen LogP contribution in [0.5, 0.6) is 5.88 Å². The van der Waals surface area contributed by atoms with Crippen molar-refractivity contribution in [2.45, 2.75) is 6.42 Å². The van der Waals surface area contributed by atoms with Crippen molar-refractivity contribution in [3.8, 4) is 5.88 Å². The number of pyridine rings is 1. The Morgan fingerprint density at radius 1 is 1.22 bits per heavy atom. The molecule has 0 atom stereocenters. The van der Waals surface area contributed by atoms with E-state index in [0.717, 1.165) is 5.69 Å². The largest absolute Gasteiger partial charge is 0.476 e. The van der Waals surface area contributed by atoms with Crippen LogP contribution in [0.1, 0.15) is 11.4 Å². The maximum Gasteiger partial charge on any atom is 0.232 e. The van der Waals surface area contributed by atoms with Crippen molar-refractivity contribution in [2.24, 2.45) is 5.73 Å². The van der Waals surface area contributed by atoms with Crippen LogP contribution in [-0.2, 0) is 6.42 Å². The van der Waals surface area contributed by atoms with E-state index in [2.05, 4.69) is 15.0 Å². The average molecular weight is 243 g/mol. The second-order valence-corrected chi connectivity index (χ2v) is 3.57. The van der Waals surface area contributed by atoms with Crippen LogP contribution in [0.25, 0.3) is 0 Å². The van der Waals surface area contributed by atoms with E-state index in [-0.39, 0.29) is 5.84 Å². The zero-order valence-corrected chi connectivity index (χ0v) is 9.71. The van der Waals surface area contributed by atoms with E-state index in [4.69, 9.17) is 15.9 Å².